The molecular formula is C27H40F12N4O6. The Kier molecular flexibility index (Phi) is 19.9. The average molecular weight is 745 g/mol. The van der Waals surface area contributed by atoms with E-state index in [1.54, 1.807) is 0 Å². The van der Waals surface area contributed by atoms with Crippen LogP contribution in [0.4, 0.5) is 52.7 Å². The van der Waals surface area contributed by atoms with Gasteiger partial charge in [-0.2, -0.15) is 52.7 Å². The van der Waals surface area contributed by atoms with Crippen molar-refractivity contribution in [3.8, 4) is 0 Å². The molecule has 0 saturated carbocycles. The topological polar surface area (TPSA) is 111 Å². The zero-order valence-corrected chi connectivity index (χ0v) is 26.5. The molecule has 0 aromatic rings. The van der Waals surface area contributed by atoms with Crippen molar-refractivity contribution in [1.82, 2.24) is 19.6 Å². The summed E-state index contributed by atoms with van der Waals surface area (Å²) in [7, 11) is 1.33. The Balaban J connectivity index is 5.51. The number of rotatable bonds is 22. The summed E-state index contributed by atoms with van der Waals surface area (Å²) >= 11 is 0. The third-order valence-corrected chi connectivity index (χ3v) is 6.80. The van der Waals surface area contributed by atoms with Crippen LogP contribution in [0.15, 0.2) is 0 Å². The number of aliphatic hydroxyl groups excluding tert-OH is 1. The van der Waals surface area contributed by atoms with Crippen LogP contribution in [-0.2, 0) is 23.9 Å². The third-order valence-electron chi connectivity index (χ3n) is 6.80. The molecule has 0 spiro atoms. The molecule has 1 N–H and O–H groups in total. The van der Waals surface area contributed by atoms with E-state index in [9.17, 15) is 71.9 Å². The molecule has 0 rings (SSSR count). The summed E-state index contributed by atoms with van der Waals surface area (Å²) in [5.74, 6) is -9.35. The van der Waals surface area contributed by atoms with Gasteiger partial charge in [-0.05, 0) is 51.4 Å². The Morgan fingerprint density at radius 1 is 0.429 bits per heavy atom. The van der Waals surface area contributed by atoms with E-state index < -0.39 is 133 Å². The number of carbonyl (C=O) groups is 4. The average Bonchev–Trinajstić information content (AvgIpc) is 2.98. The number of aliphatic hydroxyl groups is 1. The van der Waals surface area contributed by atoms with Crippen molar-refractivity contribution in [1.29, 1.82) is 0 Å². The quantitative estimate of drug-likeness (QED) is 0.131. The predicted molar refractivity (Wildman–Crippen MR) is 146 cm³/mol. The van der Waals surface area contributed by atoms with E-state index in [1.807, 2.05) is 0 Å². The molecule has 0 bridgehead atoms. The van der Waals surface area contributed by atoms with E-state index in [1.165, 1.54) is 7.11 Å². The van der Waals surface area contributed by atoms with Crippen molar-refractivity contribution in [2.75, 3.05) is 72.7 Å². The Bertz CT molecular complexity index is 1020. The zero-order chi connectivity index (χ0) is 38.1. The van der Waals surface area contributed by atoms with Crippen molar-refractivity contribution in [3.05, 3.63) is 0 Å². The van der Waals surface area contributed by atoms with E-state index in [2.05, 4.69) is 0 Å². The van der Waals surface area contributed by atoms with E-state index in [0.717, 1.165) is 0 Å². The van der Waals surface area contributed by atoms with Gasteiger partial charge in [0.05, 0.1) is 0 Å². The number of ether oxygens (including phenoxy) is 1. The van der Waals surface area contributed by atoms with Gasteiger partial charge in [-0.3, -0.25) is 19.2 Å². The van der Waals surface area contributed by atoms with Gasteiger partial charge in [-0.1, -0.05) is 0 Å². The smallest absolute Gasteiger partial charge is 0.396 e. The standard InChI is InChI=1S/C27H40F12N4O6/c1-49-19-7-5-13-43(23(48)27(37,38)39)17-9-15-41(21(46)25(31,32)33)11-3-2-10-40(20(45)24(28,29)30)14-8-16-42(12-4-6-18-44)22(47)26(34,35)36/h44H,2-19H2,1H3. The number of nitrogens with zero attached hydrogens (tertiary/aromatic N) is 4. The van der Waals surface area contributed by atoms with Crippen molar-refractivity contribution < 1.29 is 81.7 Å². The monoisotopic (exact) mass is 744 g/mol. The Hall–Kier alpha value is -3.04. The second-order valence-electron chi connectivity index (χ2n) is 10.7. The molecule has 288 valence electrons. The first-order valence-corrected chi connectivity index (χ1v) is 15.0. The number of halogens is 12. The number of unbranched alkanes of at least 4 members (excludes halogenated alkanes) is 3. The van der Waals surface area contributed by atoms with Crippen LogP contribution in [0.1, 0.15) is 51.4 Å². The van der Waals surface area contributed by atoms with Crippen molar-refractivity contribution in [3.63, 3.8) is 0 Å². The van der Waals surface area contributed by atoms with Gasteiger partial charge in [0.15, 0.2) is 0 Å². The lowest BCUT2D eigenvalue weighted by Crippen LogP contribution is -2.46. The predicted octanol–water partition coefficient (Wildman–Crippen LogP) is 4.31. The molecule has 0 aromatic carbocycles. The number of hydrogen-bond acceptors (Lipinski definition) is 6. The van der Waals surface area contributed by atoms with Crippen molar-refractivity contribution >= 4 is 23.6 Å². The molecule has 0 unspecified atom stereocenters. The zero-order valence-electron chi connectivity index (χ0n) is 26.5. The van der Waals surface area contributed by atoms with E-state index in [0.29, 0.717) is 9.80 Å². The summed E-state index contributed by atoms with van der Waals surface area (Å²) in [6.45, 7) is -5.68. The third kappa shape index (κ3) is 18.5. The summed E-state index contributed by atoms with van der Waals surface area (Å²) in [6.07, 6.45) is -23.2. The Morgan fingerprint density at radius 2 is 0.653 bits per heavy atom. The van der Waals surface area contributed by atoms with Crippen LogP contribution in [0.3, 0.4) is 0 Å². The fourth-order valence-corrected chi connectivity index (χ4v) is 4.45. The lowest BCUT2D eigenvalue weighted by molar-refractivity contribution is -0.187. The van der Waals surface area contributed by atoms with Crippen LogP contribution in [0, 0.1) is 0 Å². The minimum Gasteiger partial charge on any atom is -0.396 e. The number of methoxy groups -OCH3 is 1. The number of amides is 4. The summed E-state index contributed by atoms with van der Waals surface area (Å²) in [4.78, 5) is 48.4. The molecule has 0 saturated heterocycles. The van der Waals surface area contributed by atoms with E-state index in [-0.39, 0.29) is 42.1 Å². The lowest BCUT2D eigenvalue weighted by Gasteiger charge is -2.28. The van der Waals surface area contributed by atoms with Crippen LogP contribution in [0.2, 0.25) is 0 Å². The molecule has 0 heterocycles. The highest BCUT2D eigenvalue weighted by atomic mass is 19.4. The van der Waals surface area contributed by atoms with Crippen molar-refractivity contribution in [2.45, 2.75) is 76.1 Å². The molecule has 0 aromatic heterocycles. The molecule has 0 aliphatic carbocycles. The first-order chi connectivity index (χ1) is 22.5. The normalized spacial score (nSPS) is 12.5. The number of carbonyl (C=O) groups excluding carboxylic acids is 4. The fourth-order valence-electron chi connectivity index (χ4n) is 4.45. The highest BCUT2D eigenvalue weighted by Crippen LogP contribution is 2.23. The Morgan fingerprint density at radius 3 is 0.878 bits per heavy atom. The fraction of sp³-hybridized carbons (Fsp3) is 0.852. The maximum absolute atomic E-state index is 13.2. The number of alkyl halides is 12. The second-order valence-corrected chi connectivity index (χ2v) is 10.7. The van der Waals surface area contributed by atoms with E-state index >= 15 is 0 Å². The van der Waals surface area contributed by atoms with Gasteiger partial charge in [-0.15, -0.1) is 0 Å². The summed E-state index contributed by atoms with van der Waals surface area (Å²) in [6, 6.07) is 0. The molecule has 0 aliphatic rings. The highest BCUT2D eigenvalue weighted by Gasteiger charge is 2.45. The minimum absolute atomic E-state index is 0.0208. The van der Waals surface area contributed by atoms with Gasteiger partial charge in [0.2, 0.25) is 0 Å². The lowest BCUT2D eigenvalue weighted by atomic mass is 10.2. The van der Waals surface area contributed by atoms with Gasteiger partial charge in [0.1, 0.15) is 0 Å². The largest absolute Gasteiger partial charge is 0.471 e. The Labute approximate surface area is 274 Å². The summed E-state index contributed by atoms with van der Waals surface area (Å²) in [5, 5.41) is 8.82. The molecule has 22 heteroatoms. The molecule has 0 fully saturated rings. The first kappa shape index (κ1) is 46.0. The van der Waals surface area contributed by atoms with Crippen LogP contribution < -0.4 is 0 Å². The minimum atomic E-state index is -5.44. The van der Waals surface area contributed by atoms with Gasteiger partial charge < -0.3 is 29.4 Å². The summed E-state index contributed by atoms with van der Waals surface area (Å²) < 4.78 is 162. The number of hydrogen-bond donors (Lipinski definition) is 1. The maximum atomic E-state index is 13.2. The maximum Gasteiger partial charge on any atom is 0.471 e. The van der Waals surface area contributed by atoms with Crippen LogP contribution >= 0.6 is 0 Å². The molecule has 49 heavy (non-hydrogen) atoms. The molecule has 0 aliphatic heterocycles. The van der Waals surface area contributed by atoms with Gasteiger partial charge in [0, 0.05) is 72.7 Å². The second kappa shape index (κ2) is 21.2. The van der Waals surface area contributed by atoms with Crippen LogP contribution in [0.5, 0.6) is 0 Å². The molecule has 0 radical (unpaired) electrons. The van der Waals surface area contributed by atoms with Crippen LogP contribution in [-0.4, -0.2) is 146 Å². The highest BCUT2D eigenvalue weighted by molar-refractivity contribution is 5.83. The van der Waals surface area contributed by atoms with Crippen LogP contribution in [0.25, 0.3) is 0 Å². The van der Waals surface area contributed by atoms with E-state index in [4.69, 9.17) is 9.84 Å². The van der Waals surface area contributed by atoms with Gasteiger partial charge in [0.25, 0.3) is 0 Å². The van der Waals surface area contributed by atoms with Gasteiger partial charge >= 0.3 is 48.3 Å². The molecule has 4 amide bonds. The van der Waals surface area contributed by atoms with Gasteiger partial charge in [-0.25, -0.2) is 0 Å². The first-order valence-electron chi connectivity index (χ1n) is 15.0. The molecule has 0 atom stereocenters. The SMILES string of the molecule is COCCCCN(CCCN(CCCCN(CCCN(CCCCO)C(=O)C(F)(F)F)C(=O)C(F)(F)F)C(=O)C(F)(F)F)C(=O)C(F)(F)F. The molecular weight excluding hydrogens is 704 g/mol. The summed E-state index contributed by atoms with van der Waals surface area (Å²) in [5.41, 5.74) is 0. The molecule has 10 nitrogen and oxygen atoms in total. The van der Waals surface area contributed by atoms with Crippen molar-refractivity contribution in [2.24, 2.45) is 0 Å².